The summed E-state index contributed by atoms with van der Waals surface area (Å²) in [6.07, 6.45) is 2.67. The first-order valence-corrected chi connectivity index (χ1v) is 5.80. The molecule has 0 fully saturated rings. The average Bonchev–Trinajstić information content (AvgIpc) is 2.49. The molecule has 76 valence electrons. The van der Waals surface area contributed by atoms with E-state index in [9.17, 15) is 4.79 Å². The largest absolute Gasteiger partial charge is 0.299 e. The summed E-state index contributed by atoms with van der Waals surface area (Å²) in [5.74, 6) is 1.11. The van der Waals surface area contributed by atoms with Crippen molar-refractivity contribution in [1.82, 2.24) is 9.78 Å². The minimum absolute atomic E-state index is 0.0682. The number of aromatic nitrogens is 2. The molecule has 14 heavy (non-hydrogen) atoms. The maximum atomic E-state index is 11.8. The fourth-order valence-electron chi connectivity index (χ4n) is 1.75. The van der Waals surface area contributed by atoms with Gasteiger partial charge in [-0.2, -0.15) is 5.10 Å². The molecule has 1 unspecified atom stereocenters. The van der Waals surface area contributed by atoms with E-state index in [2.05, 4.69) is 27.7 Å². The molecule has 0 saturated carbocycles. The van der Waals surface area contributed by atoms with Crippen LogP contribution < -0.4 is 4.90 Å². The molecule has 1 aromatic rings. The second-order valence-corrected chi connectivity index (χ2v) is 5.03. The van der Waals surface area contributed by atoms with Gasteiger partial charge in [0.15, 0.2) is 0 Å². The van der Waals surface area contributed by atoms with Gasteiger partial charge in [-0.05, 0) is 13.3 Å². The van der Waals surface area contributed by atoms with Crippen molar-refractivity contribution < 1.29 is 4.79 Å². The monoisotopic (exact) mass is 305 g/mol. The summed E-state index contributed by atoms with van der Waals surface area (Å²) in [6.45, 7) is 2.81. The number of alkyl halides is 1. The second kappa shape index (κ2) is 3.52. The lowest BCUT2D eigenvalue weighted by Crippen LogP contribution is -2.32. The predicted molar refractivity (Wildman–Crippen MR) is 62.8 cm³/mol. The SMILES string of the molecule is Cc1cnn2c1N(C)C(=O)C(I)CC2. The number of anilines is 1. The molecule has 0 bridgehead atoms. The van der Waals surface area contributed by atoms with Gasteiger partial charge in [0, 0.05) is 19.2 Å². The lowest BCUT2D eigenvalue weighted by atomic mass is 10.3. The van der Waals surface area contributed by atoms with Crippen molar-refractivity contribution in [1.29, 1.82) is 0 Å². The second-order valence-electron chi connectivity index (χ2n) is 3.53. The van der Waals surface area contributed by atoms with E-state index >= 15 is 0 Å². The molecule has 1 aliphatic rings. The van der Waals surface area contributed by atoms with E-state index < -0.39 is 0 Å². The number of carbonyl (C=O) groups excluding carboxylic acids is 1. The molecule has 1 atom stereocenters. The zero-order chi connectivity index (χ0) is 10.3. The third-order valence-corrected chi connectivity index (χ3v) is 3.65. The molecule has 5 heteroatoms. The van der Waals surface area contributed by atoms with Crippen LogP contribution in [0.3, 0.4) is 0 Å². The van der Waals surface area contributed by atoms with Crippen LogP contribution in [-0.4, -0.2) is 26.7 Å². The van der Waals surface area contributed by atoms with Gasteiger partial charge >= 0.3 is 0 Å². The van der Waals surface area contributed by atoms with Crippen LogP contribution in [0.5, 0.6) is 0 Å². The first-order chi connectivity index (χ1) is 6.61. The highest BCUT2D eigenvalue weighted by Crippen LogP contribution is 2.25. The maximum Gasteiger partial charge on any atom is 0.240 e. The molecule has 0 N–H and O–H groups in total. The van der Waals surface area contributed by atoms with Crippen molar-refractivity contribution >= 4 is 34.3 Å². The van der Waals surface area contributed by atoms with Crippen molar-refractivity contribution in [3.8, 4) is 0 Å². The normalized spacial score (nSPS) is 22.1. The van der Waals surface area contributed by atoms with Crippen molar-refractivity contribution in [2.24, 2.45) is 0 Å². The van der Waals surface area contributed by atoms with Crippen LogP contribution in [0.15, 0.2) is 6.20 Å². The highest BCUT2D eigenvalue weighted by atomic mass is 127. The maximum absolute atomic E-state index is 11.8. The van der Waals surface area contributed by atoms with Crippen molar-refractivity contribution in [3.63, 3.8) is 0 Å². The summed E-state index contributed by atoms with van der Waals surface area (Å²) >= 11 is 2.20. The van der Waals surface area contributed by atoms with Gasteiger partial charge in [0.05, 0.1) is 10.1 Å². The quantitative estimate of drug-likeness (QED) is 0.536. The number of aryl methyl sites for hydroxylation is 2. The molecule has 0 aliphatic carbocycles. The fraction of sp³-hybridized carbons (Fsp3) is 0.556. The molecule has 2 rings (SSSR count). The number of rotatable bonds is 0. The molecule has 1 aromatic heterocycles. The number of nitrogens with zero attached hydrogens (tertiary/aromatic N) is 3. The van der Waals surface area contributed by atoms with E-state index in [-0.39, 0.29) is 9.83 Å². The molecule has 1 amide bonds. The molecule has 2 heterocycles. The van der Waals surface area contributed by atoms with Crippen LogP contribution in [0, 0.1) is 6.92 Å². The summed E-state index contributed by atoms with van der Waals surface area (Å²) in [7, 11) is 1.82. The van der Waals surface area contributed by atoms with Gasteiger partial charge in [-0.1, -0.05) is 22.6 Å². The van der Waals surface area contributed by atoms with Crippen molar-refractivity contribution in [2.45, 2.75) is 23.8 Å². The zero-order valence-electron chi connectivity index (χ0n) is 8.20. The van der Waals surface area contributed by atoms with Gasteiger partial charge in [-0.3, -0.25) is 9.69 Å². The topological polar surface area (TPSA) is 38.1 Å². The Morgan fingerprint density at radius 1 is 1.64 bits per heavy atom. The Bertz CT molecular complexity index is 374. The van der Waals surface area contributed by atoms with E-state index in [1.165, 1.54) is 0 Å². The molecule has 0 spiro atoms. The Hall–Kier alpha value is -0.590. The Kier molecular flexibility index (Phi) is 2.50. The minimum atomic E-state index is 0.0682. The third kappa shape index (κ3) is 1.43. The molecule has 4 nitrogen and oxygen atoms in total. The summed E-state index contributed by atoms with van der Waals surface area (Å²) in [6, 6.07) is 0. The molecular formula is C9H12IN3O. The summed E-state index contributed by atoms with van der Waals surface area (Å²) < 4.78 is 1.98. The third-order valence-electron chi connectivity index (χ3n) is 2.50. The first-order valence-electron chi connectivity index (χ1n) is 4.55. The molecule has 1 aliphatic heterocycles. The Labute approximate surface area is 96.4 Å². The van der Waals surface area contributed by atoms with Crippen LogP contribution in [0.2, 0.25) is 0 Å². The van der Waals surface area contributed by atoms with Gasteiger partial charge in [0.2, 0.25) is 5.91 Å². The lowest BCUT2D eigenvalue weighted by molar-refractivity contribution is -0.117. The van der Waals surface area contributed by atoms with E-state index in [0.29, 0.717) is 0 Å². The smallest absolute Gasteiger partial charge is 0.240 e. The Morgan fingerprint density at radius 2 is 2.36 bits per heavy atom. The Morgan fingerprint density at radius 3 is 3.07 bits per heavy atom. The van der Waals surface area contributed by atoms with Gasteiger partial charge in [0.25, 0.3) is 0 Å². The average molecular weight is 305 g/mol. The van der Waals surface area contributed by atoms with Crippen molar-refractivity contribution in [3.05, 3.63) is 11.8 Å². The highest BCUT2D eigenvalue weighted by molar-refractivity contribution is 14.1. The number of amides is 1. The number of carbonyl (C=O) groups is 1. The van der Waals surface area contributed by atoms with Gasteiger partial charge in [0.1, 0.15) is 5.82 Å². The van der Waals surface area contributed by atoms with E-state index in [0.717, 1.165) is 24.3 Å². The summed E-state index contributed by atoms with van der Waals surface area (Å²) in [5, 5.41) is 4.26. The molecule has 0 aromatic carbocycles. The number of halogens is 1. The fourth-order valence-corrected chi connectivity index (χ4v) is 2.44. The lowest BCUT2D eigenvalue weighted by Gasteiger charge is -2.17. The van der Waals surface area contributed by atoms with Crippen LogP contribution in [0.25, 0.3) is 0 Å². The number of fused-ring (bicyclic) bond motifs is 1. The number of hydrogen-bond donors (Lipinski definition) is 0. The number of hydrogen-bond acceptors (Lipinski definition) is 2. The first kappa shape index (κ1) is 9.95. The standard InChI is InChI=1S/C9H12IN3O/c1-6-5-11-13-4-3-7(10)9(14)12(2)8(6)13/h5,7H,3-4H2,1-2H3. The highest BCUT2D eigenvalue weighted by Gasteiger charge is 2.27. The van der Waals surface area contributed by atoms with Gasteiger partial charge < -0.3 is 0 Å². The van der Waals surface area contributed by atoms with Crippen LogP contribution in [0.4, 0.5) is 5.82 Å². The predicted octanol–water partition coefficient (Wildman–Crippen LogP) is 1.36. The zero-order valence-corrected chi connectivity index (χ0v) is 10.4. The molecule has 0 radical (unpaired) electrons. The molecule has 0 saturated heterocycles. The van der Waals surface area contributed by atoms with E-state index in [4.69, 9.17) is 0 Å². The van der Waals surface area contributed by atoms with Gasteiger partial charge in [-0.15, -0.1) is 0 Å². The van der Waals surface area contributed by atoms with E-state index in [1.54, 1.807) is 4.90 Å². The Balaban J connectivity index is 2.47. The summed E-state index contributed by atoms with van der Waals surface area (Å²) in [5.41, 5.74) is 1.06. The van der Waals surface area contributed by atoms with Crippen LogP contribution in [-0.2, 0) is 11.3 Å². The van der Waals surface area contributed by atoms with E-state index in [1.807, 2.05) is 24.9 Å². The van der Waals surface area contributed by atoms with Crippen LogP contribution in [0.1, 0.15) is 12.0 Å². The molecular weight excluding hydrogens is 293 g/mol. The summed E-state index contributed by atoms with van der Waals surface area (Å²) in [4.78, 5) is 13.6. The minimum Gasteiger partial charge on any atom is -0.299 e. The van der Waals surface area contributed by atoms with Gasteiger partial charge in [-0.25, -0.2) is 4.68 Å². The van der Waals surface area contributed by atoms with Crippen LogP contribution >= 0.6 is 22.6 Å². The van der Waals surface area contributed by atoms with Crippen molar-refractivity contribution in [2.75, 3.05) is 11.9 Å².